The molecule has 0 aliphatic heterocycles. The first kappa shape index (κ1) is 13.3. The molecule has 0 bridgehead atoms. The summed E-state index contributed by atoms with van der Waals surface area (Å²) < 4.78 is 0. The highest BCUT2D eigenvalue weighted by atomic mass is 32.1. The molecule has 0 aromatic carbocycles. The van der Waals surface area contributed by atoms with Gasteiger partial charge in [-0.1, -0.05) is 32.6 Å². The Bertz CT molecular complexity index is 104. The van der Waals surface area contributed by atoms with Gasteiger partial charge in [0.05, 0.1) is 0 Å². The highest BCUT2D eigenvalue weighted by Gasteiger charge is 2.02. The van der Waals surface area contributed by atoms with Gasteiger partial charge in [0.25, 0.3) is 0 Å². The van der Waals surface area contributed by atoms with Gasteiger partial charge in [0.1, 0.15) is 0 Å². The molecular weight excluding hydrogens is 178 g/mol. The largest absolute Gasteiger partial charge is 0.309 e. The van der Waals surface area contributed by atoms with E-state index < -0.39 is 0 Å². The summed E-state index contributed by atoms with van der Waals surface area (Å²) in [6, 6.07) is 0. The molecule has 2 heteroatoms. The predicted molar refractivity (Wildman–Crippen MR) is 64.7 cm³/mol. The van der Waals surface area contributed by atoms with Gasteiger partial charge < -0.3 is 4.90 Å². The van der Waals surface area contributed by atoms with Gasteiger partial charge in [0.2, 0.25) is 0 Å². The number of rotatable bonds is 8. The van der Waals surface area contributed by atoms with Gasteiger partial charge >= 0.3 is 0 Å². The normalized spacial score (nSPS) is 13.6. The van der Waals surface area contributed by atoms with E-state index in [1.54, 1.807) is 0 Å². The van der Waals surface area contributed by atoms with E-state index in [1.165, 1.54) is 45.1 Å². The molecule has 0 rings (SSSR count). The summed E-state index contributed by atoms with van der Waals surface area (Å²) in [6.07, 6.45) is 7.97. The van der Waals surface area contributed by atoms with Gasteiger partial charge in [-0.15, -0.1) is 0 Å². The van der Waals surface area contributed by atoms with Gasteiger partial charge in [-0.05, 0) is 33.5 Å². The maximum Gasteiger partial charge on any atom is 0.00289 e. The Balaban J connectivity index is 3.15. The van der Waals surface area contributed by atoms with E-state index in [2.05, 4.69) is 38.5 Å². The quantitative estimate of drug-likeness (QED) is 0.468. The number of nitrogens with zero attached hydrogens (tertiary/aromatic N) is 1. The lowest BCUT2D eigenvalue weighted by atomic mass is 10.1. The Labute approximate surface area is 89.3 Å². The van der Waals surface area contributed by atoms with Crippen molar-refractivity contribution in [1.82, 2.24) is 4.90 Å². The van der Waals surface area contributed by atoms with E-state index in [9.17, 15) is 0 Å². The van der Waals surface area contributed by atoms with Crippen molar-refractivity contribution in [2.24, 2.45) is 0 Å². The zero-order valence-corrected chi connectivity index (χ0v) is 10.3. The Kier molecular flexibility index (Phi) is 9.10. The van der Waals surface area contributed by atoms with Crippen molar-refractivity contribution in [1.29, 1.82) is 0 Å². The molecule has 0 aliphatic rings. The van der Waals surface area contributed by atoms with Crippen LogP contribution in [0.25, 0.3) is 0 Å². The SMILES string of the molecule is CCCCCCC(S)CCN(C)C. The zero-order chi connectivity index (χ0) is 10.1. The molecule has 0 spiro atoms. The summed E-state index contributed by atoms with van der Waals surface area (Å²) in [7, 11) is 4.25. The lowest BCUT2D eigenvalue weighted by Gasteiger charge is -2.14. The Morgan fingerprint density at radius 1 is 1.08 bits per heavy atom. The average Bonchev–Trinajstić information content (AvgIpc) is 2.09. The van der Waals surface area contributed by atoms with E-state index in [-0.39, 0.29) is 0 Å². The van der Waals surface area contributed by atoms with Crippen LogP contribution in [0, 0.1) is 0 Å². The average molecular weight is 203 g/mol. The second-order valence-electron chi connectivity index (χ2n) is 4.10. The third-order valence-electron chi connectivity index (χ3n) is 2.30. The summed E-state index contributed by atoms with van der Waals surface area (Å²) in [6.45, 7) is 3.42. The first-order valence-electron chi connectivity index (χ1n) is 5.49. The summed E-state index contributed by atoms with van der Waals surface area (Å²) in [5.41, 5.74) is 0. The topological polar surface area (TPSA) is 3.24 Å². The third kappa shape index (κ3) is 10.2. The molecule has 0 radical (unpaired) electrons. The van der Waals surface area contributed by atoms with E-state index in [0.717, 1.165) is 0 Å². The summed E-state index contributed by atoms with van der Waals surface area (Å²) >= 11 is 4.58. The van der Waals surface area contributed by atoms with Crippen molar-refractivity contribution in [3.05, 3.63) is 0 Å². The fourth-order valence-electron chi connectivity index (χ4n) is 1.36. The molecule has 0 fully saturated rings. The van der Waals surface area contributed by atoms with E-state index >= 15 is 0 Å². The Morgan fingerprint density at radius 3 is 2.31 bits per heavy atom. The lowest BCUT2D eigenvalue weighted by molar-refractivity contribution is 0.393. The first-order chi connectivity index (χ1) is 6.16. The van der Waals surface area contributed by atoms with Crippen LogP contribution in [0.2, 0.25) is 0 Å². The molecule has 0 N–H and O–H groups in total. The lowest BCUT2D eigenvalue weighted by Crippen LogP contribution is -2.16. The molecule has 80 valence electrons. The van der Waals surface area contributed by atoms with E-state index in [1.807, 2.05) is 0 Å². The fourth-order valence-corrected chi connectivity index (χ4v) is 1.66. The molecule has 1 nitrogen and oxygen atoms in total. The minimum Gasteiger partial charge on any atom is -0.309 e. The number of thiol groups is 1. The molecule has 0 saturated heterocycles. The van der Waals surface area contributed by atoms with Crippen molar-refractivity contribution in [2.75, 3.05) is 20.6 Å². The maximum atomic E-state index is 4.58. The van der Waals surface area contributed by atoms with Crippen LogP contribution in [0.5, 0.6) is 0 Å². The van der Waals surface area contributed by atoms with Gasteiger partial charge in [-0.2, -0.15) is 12.6 Å². The molecule has 1 atom stereocenters. The van der Waals surface area contributed by atoms with Crippen molar-refractivity contribution in [3.8, 4) is 0 Å². The van der Waals surface area contributed by atoms with Crippen LogP contribution in [0.4, 0.5) is 0 Å². The van der Waals surface area contributed by atoms with Gasteiger partial charge in [0, 0.05) is 5.25 Å². The second-order valence-corrected chi connectivity index (χ2v) is 4.83. The van der Waals surface area contributed by atoms with Gasteiger partial charge in [-0.3, -0.25) is 0 Å². The monoisotopic (exact) mass is 203 g/mol. The van der Waals surface area contributed by atoms with Crippen molar-refractivity contribution < 1.29 is 0 Å². The molecule has 0 aromatic rings. The van der Waals surface area contributed by atoms with Crippen LogP contribution < -0.4 is 0 Å². The standard InChI is InChI=1S/C11H25NS/c1-4-5-6-7-8-11(13)9-10-12(2)3/h11,13H,4-10H2,1-3H3. The number of hydrogen-bond acceptors (Lipinski definition) is 2. The van der Waals surface area contributed by atoms with E-state index in [4.69, 9.17) is 0 Å². The minimum atomic E-state index is 0.610. The zero-order valence-electron chi connectivity index (χ0n) is 9.42. The smallest absolute Gasteiger partial charge is 0.00289 e. The third-order valence-corrected chi connectivity index (χ3v) is 2.82. The molecular formula is C11H25NS. The molecule has 13 heavy (non-hydrogen) atoms. The Hall–Kier alpha value is 0.310. The number of hydrogen-bond donors (Lipinski definition) is 1. The van der Waals surface area contributed by atoms with E-state index in [0.29, 0.717) is 5.25 Å². The van der Waals surface area contributed by atoms with Crippen molar-refractivity contribution >= 4 is 12.6 Å². The maximum absolute atomic E-state index is 4.58. The van der Waals surface area contributed by atoms with Crippen LogP contribution in [0.1, 0.15) is 45.4 Å². The summed E-state index contributed by atoms with van der Waals surface area (Å²) in [5, 5.41) is 0.610. The van der Waals surface area contributed by atoms with Crippen LogP contribution in [0.3, 0.4) is 0 Å². The first-order valence-corrected chi connectivity index (χ1v) is 6.01. The molecule has 1 unspecified atom stereocenters. The second kappa shape index (κ2) is 8.89. The van der Waals surface area contributed by atoms with Gasteiger partial charge in [-0.25, -0.2) is 0 Å². The van der Waals surface area contributed by atoms with Crippen LogP contribution >= 0.6 is 12.6 Å². The Morgan fingerprint density at radius 2 is 1.77 bits per heavy atom. The minimum absolute atomic E-state index is 0.610. The van der Waals surface area contributed by atoms with Crippen LogP contribution in [-0.2, 0) is 0 Å². The molecule has 0 aromatic heterocycles. The van der Waals surface area contributed by atoms with Crippen LogP contribution in [-0.4, -0.2) is 30.8 Å². The highest BCUT2D eigenvalue weighted by Crippen LogP contribution is 2.12. The van der Waals surface area contributed by atoms with Crippen molar-refractivity contribution in [2.45, 2.75) is 50.7 Å². The van der Waals surface area contributed by atoms with Gasteiger partial charge in [0.15, 0.2) is 0 Å². The fraction of sp³-hybridized carbons (Fsp3) is 1.00. The molecule has 0 aliphatic carbocycles. The molecule has 0 heterocycles. The number of unbranched alkanes of at least 4 members (excludes halogenated alkanes) is 3. The summed E-state index contributed by atoms with van der Waals surface area (Å²) in [4.78, 5) is 2.23. The van der Waals surface area contributed by atoms with Crippen molar-refractivity contribution in [3.63, 3.8) is 0 Å². The van der Waals surface area contributed by atoms with Crippen LogP contribution in [0.15, 0.2) is 0 Å². The predicted octanol–water partition coefficient (Wildman–Crippen LogP) is 3.21. The highest BCUT2D eigenvalue weighted by molar-refractivity contribution is 7.80. The summed E-state index contributed by atoms with van der Waals surface area (Å²) in [5.74, 6) is 0. The molecule has 0 amide bonds. The molecule has 0 saturated carbocycles.